The minimum absolute atomic E-state index is 0.196. The molecule has 0 aromatic heterocycles. The monoisotopic (exact) mass is 277 g/mol. The van der Waals surface area contributed by atoms with E-state index in [4.69, 9.17) is 4.74 Å². The Labute approximate surface area is 120 Å². The lowest BCUT2D eigenvalue weighted by molar-refractivity contribution is 0.208. The molecule has 0 atom stereocenters. The average Bonchev–Trinajstić information content (AvgIpc) is 3.28. The number of benzene rings is 1. The first-order chi connectivity index (χ1) is 9.79. The molecule has 2 fully saturated rings. The van der Waals surface area contributed by atoms with Crippen molar-refractivity contribution in [2.75, 3.05) is 6.61 Å². The van der Waals surface area contributed by atoms with Crippen molar-refractivity contribution in [2.24, 2.45) is 5.92 Å². The van der Waals surface area contributed by atoms with Crippen molar-refractivity contribution < 1.29 is 9.13 Å². The summed E-state index contributed by atoms with van der Waals surface area (Å²) < 4.78 is 19.4. The summed E-state index contributed by atoms with van der Waals surface area (Å²) in [5.74, 6) is 1.14. The molecule has 1 aromatic rings. The van der Waals surface area contributed by atoms with Gasteiger partial charge in [-0.2, -0.15) is 0 Å². The molecule has 20 heavy (non-hydrogen) atoms. The van der Waals surface area contributed by atoms with Gasteiger partial charge in [0.2, 0.25) is 0 Å². The Morgan fingerprint density at radius 2 is 1.85 bits per heavy atom. The SMILES string of the molecule is Fc1cc(CNC2CC2)cc(OCC2CCCCC2)c1. The van der Waals surface area contributed by atoms with Crippen LogP contribution in [-0.4, -0.2) is 12.6 Å². The lowest BCUT2D eigenvalue weighted by atomic mass is 9.90. The highest BCUT2D eigenvalue weighted by atomic mass is 19.1. The molecule has 1 aromatic carbocycles. The molecule has 0 heterocycles. The van der Waals surface area contributed by atoms with E-state index in [9.17, 15) is 4.39 Å². The first-order valence-corrected chi connectivity index (χ1v) is 7.95. The molecule has 0 bridgehead atoms. The van der Waals surface area contributed by atoms with Gasteiger partial charge < -0.3 is 10.1 Å². The largest absolute Gasteiger partial charge is 0.493 e. The summed E-state index contributed by atoms with van der Waals surface area (Å²) in [7, 11) is 0. The number of nitrogens with one attached hydrogen (secondary N) is 1. The normalized spacial score (nSPS) is 20.1. The summed E-state index contributed by atoms with van der Waals surface area (Å²) >= 11 is 0. The Morgan fingerprint density at radius 1 is 1.05 bits per heavy atom. The molecule has 2 saturated carbocycles. The first-order valence-electron chi connectivity index (χ1n) is 7.95. The highest BCUT2D eigenvalue weighted by Gasteiger charge is 2.20. The molecule has 2 aliphatic rings. The summed E-state index contributed by atoms with van der Waals surface area (Å²) in [4.78, 5) is 0. The Morgan fingerprint density at radius 3 is 2.60 bits per heavy atom. The molecule has 0 spiro atoms. The maximum atomic E-state index is 13.6. The molecule has 3 rings (SSSR count). The molecule has 2 aliphatic carbocycles. The smallest absolute Gasteiger partial charge is 0.127 e. The summed E-state index contributed by atoms with van der Waals surface area (Å²) in [5, 5.41) is 3.41. The van der Waals surface area contributed by atoms with E-state index in [1.165, 1.54) is 51.0 Å². The van der Waals surface area contributed by atoms with E-state index >= 15 is 0 Å². The second kappa shape index (κ2) is 6.57. The zero-order valence-corrected chi connectivity index (χ0v) is 12.0. The molecule has 0 unspecified atom stereocenters. The summed E-state index contributed by atoms with van der Waals surface area (Å²) in [5.41, 5.74) is 0.982. The number of rotatable bonds is 6. The fourth-order valence-corrected chi connectivity index (χ4v) is 2.92. The van der Waals surface area contributed by atoms with Crippen LogP contribution < -0.4 is 10.1 Å². The fourth-order valence-electron chi connectivity index (χ4n) is 2.92. The third-order valence-corrected chi connectivity index (χ3v) is 4.31. The van der Waals surface area contributed by atoms with E-state index in [-0.39, 0.29) is 5.82 Å². The third kappa shape index (κ3) is 4.20. The Hall–Kier alpha value is -1.09. The van der Waals surface area contributed by atoms with Crippen LogP contribution in [0.25, 0.3) is 0 Å². The summed E-state index contributed by atoms with van der Waals surface area (Å²) in [6.07, 6.45) is 8.99. The van der Waals surface area contributed by atoms with Crippen LogP contribution in [0.1, 0.15) is 50.5 Å². The molecule has 110 valence electrons. The molecule has 2 nitrogen and oxygen atoms in total. The van der Waals surface area contributed by atoms with Crippen LogP contribution in [0, 0.1) is 11.7 Å². The first kappa shape index (κ1) is 13.9. The number of ether oxygens (including phenoxy) is 1. The average molecular weight is 277 g/mol. The zero-order valence-electron chi connectivity index (χ0n) is 12.0. The van der Waals surface area contributed by atoms with Gasteiger partial charge in [-0.05, 0) is 49.3 Å². The molecular weight excluding hydrogens is 253 g/mol. The molecule has 0 aliphatic heterocycles. The molecular formula is C17H24FNO. The lowest BCUT2D eigenvalue weighted by Crippen LogP contribution is -2.16. The predicted octanol–water partition coefficient (Wildman–Crippen LogP) is 4.04. The van der Waals surface area contributed by atoms with Crippen LogP contribution >= 0.6 is 0 Å². The molecule has 1 N–H and O–H groups in total. The van der Waals surface area contributed by atoms with Crippen LogP contribution in [0.5, 0.6) is 5.75 Å². The standard InChI is InChI=1S/C17H24FNO/c18-15-8-14(11-19-16-6-7-16)9-17(10-15)20-12-13-4-2-1-3-5-13/h8-10,13,16,19H,1-7,11-12H2. The van der Waals surface area contributed by atoms with E-state index in [1.807, 2.05) is 6.07 Å². The van der Waals surface area contributed by atoms with Crippen LogP contribution in [0.2, 0.25) is 0 Å². The van der Waals surface area contributed by atoms with E-state index in [0.717, 1.165) is 18.7 Å². The molecule has 0 amide bonds. The second-order valence-electron chi connectivity index (χ2n) is 6.27. The highest BCUT2D eigenvalue weighted by molar-refractivity contribution is 5.29. The fraction of sp³-hybridized carbons (Fsp3) is 0.647. The minimum Gasteiger partial charge on any atom is -0.493 e. The van der Waals surface area contributed by atoms with Gasteiger partial charge in [0.15, 0.2) is 0 Å². The van der Waals surface area contributed by atoms with E-state index < -0.39 is 0 Å². The van der Waals surface area contributed by atoms with E-state index in [2.05, 4.69) is 5.32 Å². The Bertz CT molecular complexity index is 439. The van der Waals surface area contributed by atoms with Crippen molar-refractivity contribution in [2.45, 2.75) is 57.5 Å². The van der Waals surface area contributed by atoms with Crippen LogP contribution in [0.15, 0.2) is 18.2 Å². The predicted molar refractivity (Wildman–Crippen MR) is 78.3 cm³/mol. The van der Waals surface area contributed by atoms with Crippen molar-refractivity contribution >= 4 is 0 Å². The molecule has 3 heteroatoms. The van der Waals surface area contributed by atoms with E-state index in [1.54, 1.807) is 6.07 Å². The zero-order chi connectivity index (χ0) is 13.8. The lowest BCUT2D eigenvalue weighted by Gasteiger charge is -2.21. The van der Waals surface area contributed by atoms with Gasteiger partial charge in [0, 0.05) is 18.7 Å². The van der Waals surface area contributed by atoms with Crippen LogP contribution in [0.4, 0.5) is 4.39 Å². The van der Waals surface area contributed by atoms with Crippen LogP contribution in [0.3, 0.4) is 0 Å². The van der Waals surface area contributed by atoms with E-state index in [0.29, 0.717) is 17.7 Å². The quantitative estimate of drug-likeness (QED) is 0.847. The molecule has 0 saturated heterocycles. The minimum atomic E-state index is -0.196. The Balaban J connectivity index is 1.53. The topological polar surface area (TPSA) is 21.3 Å². The van der Waals surface area contributed by atoms with Crippen LogP contribution in [-0.2, 0) is 6.54 Å². The number of hydrogen-bond acceptors (Lipinski definition) is 2. The van der Waals surface area contributed by atoms with Gasteiger partial charge in [-0.15, -0.1) is 0 Å². The van der Waals surface area contributed by atoms with Crippen molar-refractivity contribution in [3.8, 4) is 5.75 Å². The maximum absolute atomic E-state index is 13.6. The van der Waals surface area contributed by atoms with Crippen molar-refractivity contribution in [1.82, 2.24) is 5.32 Å². The number of hydrogen-bond donors (Lipinski definition) is 1. The second-order valence-corrected chi connectivity index (χ2v) is 6.27. The van der Waals surface area contributed by atoms with Gasteiger partial charge in [0.05, 0.1) is 6.61 Å². The van der Waals surface area contributed by atoms with Gasteiger partial charge in [-0.3, -0.25) is 0 Å². The highest BCUT2D eigenvalue weighted by Crippen LogP contribution is 2.25. The maximum Gasteiger partial charge on any atom is 0.127 e. The van der Waals surface area contributed by atoms with Gasteiger partial charge in [-0.25, -0.2) is 4.39 Å². The summed E-state index contributed by atoms with van der Waals surface area (Å²) in [6, 6.07) is 5.72. The number of halogens is 1. The molecule has 0 radical (unpaired) electrons. The third-order valence-electron chi connectivity index (χ3n) is 4.31. The van der Waals surface area contributed by atoms with Gasteiger partial charge in [0.25, 0.3) is 0 Å². The van der Waals surface area contributed by atoms with Crippen molar-refractivity contribution in [3.63, 3.8) is 0 Å². The van der Waals surface area contributed by atoms with Gasteiger partial charge >= 0.3 is 0 Å². The Kier molecular flexibility index (Phi) is 4.56. The van der Waals surface area contributed by atoms with Crippen molar-refractivity contribution in [3.05, 3.63) is 29.6 Å². The summed E-state index contributed by atoms with van der Waals surface area (Å²) in [6.45, 7) is 1.47. The van der Waals surface area contributed by atoms with Crippen molar-refractivity contribution in [1.29, 1.82) is 0 Å². The van der Waals surface area contributed by atoms with Gasteiger partial charge in [0.1, 0.15) is 11.6 Å². The van der Waals surface area contributed by atoms with Gasteiger partial charge in [-0.1, -0.05) is 19.3 Å².